The van der Waals surface area contributed by atoms with Crippen molar-refractivity contribution in [3.8, 4) is 11.5 Å². The lowest BCUT2D eigenvalue weighted by atomic mass is 10.1. The van der Waals surface area contributed by atoms with Gasteiger partial charge in [0.25, 0.3) is 5.91 Å². The van der Waals surface area contributed by atoms with Crippen LogP contribution in [-0.2, 0) is 11.3 Å². The predicted molar refractivity (Wildman–Crippen MR) is 113 cm³/mol. The molecule has 2 aromatic carbocycles. The number of morpholine rings is 1. The van der Waals surface area contributed by atoms with Crippen LogP contribution in [0.3, 0.4) is 0 Å². The van der Waals surface area contributed by atoms with E-state index in [1.54, 1.807) is 26.4 Å². The van der Waals surface area contributed by atoms with Crippen molar-refractivity contribution in [2.24, 2.45) is 0 Å². The number of nitrogens with one attached hydrogen (secondary N) is 1. The highest BCUT2D eigenvalue weighted by atomic mass is 127. The SMILES string of the molecule is COc1cc(I)c(C(=O)NCc2ccc(N3CCOCC3)cc2)cc1OC. The summed E-state index contributed by atoms with van der Waals surface area (Å²) < 4.78 is 16.8. The maximum Gasteiger partial charge on any atom is 0.252 e. The number of ether oxygens (including phenoxy) is 3. The van der Waals surface area contributed by atoms with Crippen molar-refractivity contribution in [1.82, 2.24) is 5.32 Å². The van der Waals surface area contributed by atoms with Gasteiger partial charge < -0.3 is 24.4 Å². The van der Waals surface area contributed by atoms with E-state index in [4.69, 9.17) is 14.2 Å². The predicted octanol–water partition coefficient (Wildman–Crippen LogP) is 3.08. The molecule has 0 unspecified atom stereocenters. The Hall–Kier alpha value is -2.00. The number of rotatable bonds is 6. The molecular weight excluding hydrogens is 459 g/mol. The second-order valence-electron chi connectivity index (χ2n) is 6.14. The average molecular weight is 482 g/mol. The van der Waals surface area contributed by atoms with Crippen LogP contribution >= 0.6 is 22.6 Å². The molecule has 1 aliphatic heterocycles. The molecular formula is C20H23IN2O4. The van der Waals surface area contributed by atoms with Crippen molar-refractivity contribution >= 4 is 34.2 Å². The summed E-state index contributed by atoms with van der Waals surface area (Å²) in [6.07, 6.45) is 0. The molecule has 1 N–H and O–H groups in total. The van der Waals surface area contributed by atoms with E-state index in [1.807, 2.05) is 12.1 Å². The number of hydrogen-bond acceptors (Lipinski definition) is 5. The van der Waals surface area contributed by atoms with Crippen molar-refractivity contribution < 1.29 is 19.0 Å². The maximum atomic E-state index is 12.6. The summed E-state index contributed by atoms with van der Waals surface area (Å²) in [5.41, 5.74) is 2.80. The van der Waals surface area contributed by atoms with Crippen LogP contribution in [0.5, 0.6) is 11.5 Å². The second-order valence-corrected chi connectivity index (χ2v) is 7.30. The van der Waals surface area contributed by atoms with Gasteiger partial charge in [-0.25, -0.2) is 0 Å². The minimum absolute atomic E-state index is 0.141. The number of halogens is 1. The quantitative estimate of drug-likeness (QED) is 0.642. The smallest absolute Gasteiger partial charge is 0.252 e. The van der Waals surface area contributed by atoms with Gasteiger partial charge in [-0.15, -0.1) is 0 Å². The highest BCUT2D eigenvalue weighted by molar-refractivity contribution is 14.1. The molecule has 0 bridgehead atoms. The molecule has 0 spiro atoms. The first-order chi connectivity index (χ1) is 13.1. The lowest BCUT2D eigenvalue weighted by Crippen LogP contribution is -2.36. The van der Waals surface area contributed by atoms with Crippen LogP contribution in [0.1, 0.15) is 15.9 Å². The number of anilines is 1. The van der Waals surface area contributed by atoms with Gasteiger partial charge in [0.15, 0.2) is 11.5 Å². The van der Waals surface area contributed by atoms with E-state index in [0.29, 0.717) is 23.6 Å². The number of benzene rings is 2. The molecule has 0 radical (unpaired) electrons. The van der Waals surface area contributed by atoms with Gasteiger partial charge in [-0.3, -0.25) is 4.79 Å². The molecule has 6 nitrogen and oxygen atoms in total. The number of carbonyl (C=O) groups excluding carboxylic acids is 1. The zero-order valence-electron chi connectivity index (χ0n) is 15.5. The number of amides is 1. The van der Waals surface area contributed by atoms with Crippen LogP contribution in [0, 0.1) is 3.57 Å². The normalized spacial score (nSPS) is 14.0. The van der Waals surface area contributed by atoms with Gasteiger partial charge in [0, 0.05) is 28.9 Å². The molecule has 144 valence electrons. The molecule has 1 amide bonds. The van der Waals surface area contributed by atoms with E-state index in [-0.39, 0.29) is 5.91 Å². The van der Waals surface area contributed by atoms with Gasteiger partial charge in [0.1, 0.15) is 0 Å². The number of carbonyl (C=O) groups is 1. The number of nitrogens with zero attached hydrogens (tertiary/aromatic N) is 1. The van der Waals surface area contributed by atoms with Crippen LogP contribution in [0.4, 0.5) is 5.69 Å². The van der Waals surface area contributed by atoms with Crippen molar-refractivity contribution in [2.45, 2.75) is 6.54 Å². The molecule has 0 atom stereocenters. The highest BCUT2D eigenvalue weighted by Gasteiger charge is 2.15. The molecule has 1 heterocycles. The molecule has 7 heteroatoms. The molecule has 1 aliphatic rings. The summed E-state index contributed by atoms with van der Waals surface area (Å²) in [6, 6.07) is 11.8. The van der Waals surface area contributed by atoms with Crippen molar-refractivity contribution in [1.29, 1.82) is 0 Å². The Bertz CT molecular complexity index is 789. The topological polar surface area (TPSA) is 60.0 Å². The van der Waals surface area contributed by atoms with Gasteiger partial charge in [-0.05, 0) is 52.4 Å². The summed E-state index contributed by atoms with van der Waals surface area (Å²) in [7, 11) is 3.14. The first-order valence-electron chi connectivity index (χ1n) is 8.73. The van der Waals surface area contributed by atoms with Gasteiger partial charge in [0.05, 0.1) is 33.0 Å². The fourth-order valence-electron chi connectivity index (χ4n) is 2.95. The van der Waals surface area contributed by atoms with Crippen LogP contribution in [-0.4, -0.2) is 46.4 Å². The van der Waals surface area contributed by atoms with Crippen molar-refractivity contribution in [2.75, 3.05) is 45.4 Å². The Balaban J connectivity index is 1.63. The van der Waals surface area contributed by atoms with Crippen LogP contribution in [0.2, 0.25) is 0 Å². The Morgan fingerprint density at radius 2 is 1.74 bits per heavy atom. The number of methoxy groups -OCH3 is 2. The van der Waals surface area contributed by atoms with Gasteiger partial charge in [-0.2, -0.15) is 0 Å². The third-order valence-corrected chi connectivity index (χ3v) is 5.38. The largest absolute Gasteiger partial charge is 0.493 e. The van der Waals surface area contributed by atoms with Crippen molar-refractivity contribution in [3.63, 3.8) is 0 Å². The van der Waals surface area contributed by atoms with Crippen molar-refractivity contribution in [3.05, 3.63) is 51.1 Å². The Labute approximate surface area is 172 Å². The monoisotopic (exact) mass is 482 g/mol. The van der Waals surface area contributed by atoms with Gasteiger partial charge >= 0.3 is 0 Å². The standard InChI is InChI=1S/C20H23IN2O4/c1-25-18-11-16(17(21)12-19(18)26-2)20(24)22-13-14-3-5-15(6-4-14)23-7-9-27-10-8-23/h3-6,11-12H,7-10,13H2,1-2H3,(H,22,24). The molecule has 3 rings (SSSR count). The zero-order valence-corrected chi connectivity index (χ0v) is 17.6. The van der Waals surface area contributed by atoms with Crippen LogP contribution < -0.4 is 19.7 Å². The van der Waals surface area contributed by atoms with Crippen LogP contribution in [0.25, 0.3) is 0 Å². The minimum atomic E-state index is -0.141. The minimum Gasteiger partial charge on any atom is -0.493 e. The maximum absolute atomic E-state index is 12.6. The van der Waals surface area contributed by atoms with E-state index in [2.05, 4.69) is 44.9 Å². The van der Waals surface area contributed by atoms with Crippen LogP contribution in [0.15, 0.2) is 36.4 Å². The summed E-state index contributed by atoms with van der Waals surface area (Å²) in [4.78, 5) is 14.9. The van der Waals surface area contributed by atoms with E-state index in [1.165, 1.54) is 5.69 Å². The van der Waals surface area contributed by atoms with E-state index in [0.717, 1.165) is 35.4 Å². The summed E-state index contributed by atoms with van der Waals surface area (Å²) >= 11 is 2.13. The Morgan fingerprint density at radius 1 is 1.11 bits per heavy atom. The molecule has 2 aromatic rings. The summed E-state index contributed by atoms with van der Waals surface area (Å²) in [6.45, 7) is 3.82. The lowest BCUT2D eigenvalue weighted by molar-refractivity contribution is 0.0949. The Kier molecular flexibility index (Phi) is 6.78. The molecule has 1 saturated heterocycles. The number of hydrogen-bond donors (Lipinski definition) is 1. The Morgan fingerprint density at radius 3 is 2.37 bits per heavy atom. The van der Waals surface area contributed by atoms with E-state index in [9.17, 15) is 4.79 Å². The third kappa shape index (κ3) is 4.84. The van der Waals surface area contributed by atoms with Gasteiger partial charge in [-0.1, -0.05) is 12.1 Å². The fourth-order valence-corrected chi connectivity index (χ4v) is 3.64. The lowest BCUT2D eigenvalue weighted by Gasteiger charge is -2.28. The van der Waals surface area contributed by atoms with Gasteiger partial charge in [0.2, 0.25) is 0 Å². The zero-order chi connectivity index (χ0) is 19.2. The van der Waals surface area contributed by atoms with E-state index < -0.39 is 0 Å². The molecule has 0 saturated carbocycles. The molecule has 1 fully saturated rings. The first-order valence-corrected chi connectivity index (χ1v) is 9.81. The second kappa shape index (κ2) is 9.27. The fraction of sp³-hybridized carbons (Fsp3) is 0.350. The highest BCUT2D eigenvalue weighted by Crippen LogP contribution is 2.31. The molecule has 27 heavy (non-hydrogen) atoms. The third-order valence-electron chi connectivity index (χ3n) is 4.48. The first kappa shape index (κ1) is 19.8. The summed E-state index contributed by atoms with van der Waals surface area (Å²) in [5.74, 6) is 1.01. The summed E-state index contributed by atoms with van der Waals surface area (Å²) in [5, 5.41) is 2.97. The molecule has 0 aliphatic carbocycles. The molecule has 0 aromatic heterocycles. The van der Waals surface area contributed by atoms with E-state index >= 15 is 0 Å². The average Bonchev–Trinajstić information content (AvgIpc) is 2.72.